The molecule has 0 aromatic carbocycles. The molecule has 0 atom stereocenters. The maximum atomic E-state index is 11.2. The standard InChI is InChI=1S/C8H20N4O2/c1-6-12(7(13)10-9)11(5)14-8(2,3)4/h6,9H2,1-5H3,(H,10,13). The number of nitrogens with two attached hydrogens (primary N) is 1. The molecule has 0 fully saturated rings. The van der Waals surface area contributed by atoms with Gasteiger partial charge in [-0.2, -0.15) is 0 Å². The predicted octanol–water partition coefficient (Wildman–Crippen LogP) is 0.468. The minimum absolute atomic E-state index is 0.350. The highest BCUT2D eigenvalue weighted by molar-refractivity contribution is 5.72. The molecule has 6 nitrogen and oxygen atoms in total. The van der Waals surface area contributed by atoms with Gasteiger partial charge in [-0.15, -0.1) is 0 Å². The van der Waals surface area contributed by atoms with Crippen LogP contribution in [0.2, 0.25) is 0 Å². The summed E-state index contributed by atoms with van der Waals surface area (Å²) < 4.78 is 0. The van der Waals surface area contributed by atoms with Crippen molar-refractivity contribution in [2.45, 2.75) is 33.3 Å². The van der Waals surface area contributed by atoms with E-state index < -0.39 is 6.03 Å². The van der Waals surface area contributed by atoms with E-state index in [0.717, 1.165) is 0 Å². The first-order chi connectivity index (χ1) is 6.31. The van der Waals surface area contributed by atoms with Crippen molar-refractivity contribution in [2.75, 3.05) is 13.6 Å². The number of hydrogen-bond acceptors (Lipinski definition) is 4. The molecule has 0 aliphatic rings. The van der Waals surface area contributed by atoms with Crippen LogP contribution in [0.4, 0.5) is 4.79 Å². The lowest BCUT2D eigenvalue weighted by atomic mass is 10.2. The Morgan fingerprint density at radius 1 is 1.50 bits per heavy atom. The van der Waals surface area contributed by atoms with Gasteiger partial charge >= 0.3 is 6.03 Å². The van der Waals surface area contributed by atoms with E-state index in [2.05, 4.69) is 0 Å². The van der Waals surface area contributed by atoms with E-state index in [9.17, 15) is 4.79 Å². The van der Waals surface area contributed by atoms with Crippen LogP contribution >= 0.6 is 0 Å². The Morgan fingerprint density at radius 3 is 2.29 bits per heavy atom. The van der Waals surface area contributed by atoms with Crippen molar-refractivity contribution in [3.05, 3.63) is 0 Å². The minimum Gasteiger partial charge on any atom is -0.275 e. The van der Waals surface area contributed by atoms with Gasteiger partial charge in [0.05, 0.1) is 5.60 Å². The highest BCUT2D eigenvalue weighted by Crippen LogP contribution is 2.10. The zero-order valence-electron chi connectivity index (χ0n) is 9.50. The van der Waals surface area contributed by atoms with Crippen LogP contribution in [0.15, 0.2) is 0 Å². The van der Waals surface area contributed by atoms with Gasteiger partial charge in [0.1, 0.15) is 0 Å². The van der Waals surface area contributed by atoms with E-state index in [1.165, 1.54) is 10.2 Å². The number of nitrogens with zero attached hydrogens (tertiary/aromatic N) is 2. The van der Waals surface area contributed by atoms with Gasteiger partial charge in [-0.3, -0.25) is 10.3 Å². The van der Waals surface area contributed by atoms with Crippen LogP contribution in [0.5, 0.6) is 0 Å². The molecule has 6 heteroatoms. The van der Waals surface area contributed by atoms with Gasteiger partial charge in [0.15, 0.2) is 0 Å². The van der Waals surface area contributed by atoms with Crippen LogP contribution in [0, 0.1) is 0 Å². The van der Waals surface area contributed by atoms with Gasteiger partial charge in [0, 0.05) is 13.6 Å². The summed E-state index contributed by atoms with van der Waals surface area (Å²) in [5.74, 6) is 5.03. The Labute approximate surface area is 84.9 Å². The third kappa shape index (κ3) is 4.40. The van der Waals surface area contributed by atoms with E-state index in [1.54, 1.807) is 7.05 Å². The van der Waals surface area contributed by atoms with Crippen molar-refractivity contribution in [2.24, 2.45) is 5.84 Å². The lowest BCUT2D eigenvalue weighted by Crippen LogP contribution is -2.52. The Morgan fingerprint density at radius 2 is 2.00 bits per heavy atom. The molecule has 84 valence electrons. The monoisotopic (exact) mass is 204 g/mol. The Bertz CT molecular complexity index is 190. The third-order valence-corrected chi connectivity index (χ3v) is 1.40. The second kappa shape index (κ2) is 5.14. The fourth-order valence-electron chi connectivity index (χ4n) is 0.991. The van der Waals surface area contributed by atoms with E-state index in [-0.39, 0.29) is 5.60 Å². The zero-order chi connectivity index (χ0) is 11.4. The average Bonchev–Trinajstić information content (AvgIpc) is 2.01. The van der Waals surface area contributed by atoms with Gasteiger partial charge in [0.2, 0.25) is 0 Å². The van der Waals surface area contributed by atoms with Gasteiger partial charge in [0.25, 0.3) is 0 Å². The van der Waals surface area contributed by atoms with Crippen molar-refractivity contribution in [1.82, 2.24) is 15.6 Å². The first kappa shape index (κ1) is 13.2. The van der Waals surface area contributed by atoms with E-state index >= 15 is 0 Å². The van der Waals surface area contributed by atoms with Crippen LogP contribution in [-0.2, 0) is 4.84 Å². The summed E-state index contributed by atoms with van der Waals surface area (Å²) in [6.07, 6.45) is 0. The smallest absolute Gasteiger partial charge is 0.275 e. The summed E-state index contributed by atoms with van der Waals surface area (Å²) in [5, 5.41) is 2.73. The van der Waals surface area contributed by atoms with Crippen molar-refractivity contribution in [3.63, 3.8) is 0 Å². The van der Waals surface area contributed by atoms with Crippen LogP contribution in [0.1, 0.15) is 27.7 Å². The van der Waals surface area contributed by atoms with E-state index in [1.807, 2.05) is 33.1 Å². The number of hydrazine groups is 2. The second-order valence-corrected chi connectivity index (χ2v) is 3.83. The van der Waals surface area contributed by atoms with Crippen molar-refractivity contribution >= 4 is 6.03 Å². The molecule has 0 heterocycles. The van der Waals surface area contributed by atoms with Crippen LogP contribution in [0.25, 0.3) is 0 Å². The molecule has 0 spiro atoms. The number of carbonyl (C=O) groups is 1. The molecule has 0 bridgehead atoms. The first-order valence-electron chi connectivity index (χ1n) is 4.52. The molecular formula is C8H20N4O2. The van der Waals surface area contributed by atoms with Crippen LogP contribution in [0.3, 0.4) is 0 Å². The molecular weight excluding hydrogens is 184 g/mol. The van der Waals surface area contributed by atoms with Crippen molar-refractivity contribution in [1.29, 1.82) is 0 Å². The topological polar surface area (TPSA) is 70.8 Å². The highest BCUT2D eigenvalue weighted by atomic mass is 16.7. The van der Waals surface area contributed by atoms with Gasteiger partial charge in [-0.05, 0) is 27.7 Å². The molecule has 14 heavy (non-hydrogen) atoms. The van der Waals surface area contributed by atoms with Crippen LogP contribution < -0.4 is 11.3 Å². The number of nitrogens with one attached hydrogen (secondary N) is 1. The SMILES string of the molecule is CCN(C(=O)NN)N(C)OC(C)(C)C. The lowest BCUT2D eigenvalue weighted by Gasteiger charge is -2.34. The Kier molecular flexibility index (Phi) is 4.82. The molecule has 0 radical (unpaired) electrons. The normalized spacial score (nSPS) is 11.6. The number of hydroxylamine groups is 1. The summed E-state index contributed by atoms with van der Waals surface area (Å²) in [7, 11) is 1.66. The molecule has 0 aromatic heterocycles. The van der Waals surface area contributed by atoms with E-state index in [4.69, 9.17) is 10.7 Å². The molecule has 0 aromatic rings. The quantitative estimate of drug-likeness (QED) is 0.398. The van der Waals surface area contributed by atoms with Gasteiger partial charge in [-0.1, -0.05) is 5.17 Å². The number of rotatable bonds is 3. The molecule has 0 aliphatic heterocycles. The molecule has 2 amide bonds. The second-order valence-electron chi connectivity index (χ2n) is 3.83. The average molecular weight is 204 g/mol. The van der Waals surface area contributed by atoms with Crippen molar-refractivity contribution < 1.29 is 9.63 Å². The fourth-order valence-corrected chi connectivity index (χ4v) is 0.991. The zero-order valence-corrected chi connectivity index (χ0v) is 9.50. The molecule has 0 rings (SSSR count). The number of hydrogen-bond donors (Lipinski definition) is 2. The van der Waals surface area contributed by atoms with E-state index in [0.29, 0.717) is 6.54 Å². The molecule has 0 saturated carbocycles. The lowest BCUT2D eigenvalue weighted by molar-refractivity contribution is -0.295. The fraction of sp³-hybridized carbons (Fsp3) is 0.875. The number of carbonyl (C=O) groups excluding carboxylic acids is 1. The summed E-state index contributed by atoms with van der Waals surface area (Å²) in [5.41, 5.74) is 1.70. The Hall–Kier alpha value is -0.850. The van der Waals surface area contributed by atoms with Crippen LogP contribution in [-0.4, -0.2) is 35.4 Å². The minimum atomic E-state index is -0.403. The molecule has 0 unspecified atom stereocenters. The maximum absolute atomic E-state index is 11.2. The summed E-state index contributed by atoms with van der Waals surface area (Å²) >= 11 is 0. The number of urea groups is 1. The third-order valence-electron chi connectivity index (χ3n) is 1.40. The molecule has 3 N–H and O–H groups in total. The van der Waals surface area contributed by atoms with Crippen molar-refractivity contribution in [3.8, 4) is 0 Å². The first-order valence-corrected chi connectivity index (χ1v) is 4.52. The number of amides is 2. The predicted molar refractivity (Wildman–Crippen MR) is 53.7 cm³/mol. The van der Waals surface area contributed by atoms with Gasteiger partial charge < -0.3 is 0 Å². The summed E-state index contributed by atoms with van der Waals surface area (Å²) in [6.45, 7) is 8.01. The molecule has 0 saturated heterocycles. The molecule has 0 aliphatic carbocycles. The summed E-state index contributed by atoms with van der Waals surface area (Å²) in [4.78, 5) is 16.7. The maximum Gasteiger partial charge on any atom is 0.347 e. The summed E-state index contributed by atoms with van der Waals surface area (Å²) in [6, 6.07) is -0.403. The largest absolute Gasteiger partial charge is 0.347 e. The highest BCUT2D eigenvalue weighted by Gasteiger charge is 2.21. The van der Waals surface area contributed by atoms with Gasteiger partial charge in [-0.25, -0.2) is 15.6 Å². The Balaban J connectivity index is 4.32.